The van der Waals surface area contributed by atoms with E-state index in [0.717, 1.165) is 10.8 Å². The Morgan fingerprint density at radius 1 is 1.50 bits per heavy atom. The Morgan fingerprint density at radius 2 is 2.14 bits per heavy atom. The molecule has 22 heavy (non-hydrogen) atoms. The number of halogens is 1. The van der Waals surface area contributed by atoms with Crippen LogP contribution in [0, 0.1) is 0 Å². The fourth-order valence-corrected chi connectivity index (χ4v) is 2.13. The number of anilines is 1. The van der Waals surface area contributed by atoms with Crippen molar-refractivity contribution in [3.05, 3.63) is 22.4 Å². The third-order valence-electron chi connectivity index (χ3n) is 2.96. The Kier molecular flexibility index (Phi) is 3.90. The van der Waals surface area contributed by atoms with Gasteiger partial charge in [0.2, 0.25) is 0 Å². The number of aliphatic carboxylic acids is 1. The maximum atomic E-state index is 13.7. The van der Waals surface area contributed by atoms with Crippen LogP contribution in [-0.4, -0.2) is 32.3 Å². The van der Waals surface area contributed by atoms with Crippen LogP contribution in [0.15, 0.2) is 11.0 Å². The van der Waals surface area contributed by atoms with Crippen molar-refractivity contribution >= 4 is 17.7 Å². The number of nitrogens with zero attached hydrogens (tertiary/aromatic N) is 2. The van der Waals surface area contributed by atoms with Gasteiger partial charge in [-0.2, -0.15) is 0 Å². The van der Waals surface area contributed by atoms with Gasteiger partial charge in [-0.15, -0.1) is 0 Å². The van der Waals surface area contributed by atoms with E-state index in [1.807, 2.05) is 0 Å². The monoisotopic (exact) mass is 313 g/mol. The van der Waals surface area contributed by atoms with Crippen molar-refractivity contribution in [3.8, 4) is 0 Å². The number of fused-ring (bicyclic) bond motifs is 1. The van der Waals surface area contributed by atoms with E-state index in [2.05, 4.69) is 10.3 Å². The molecule has 0 radical (unpaired) electrons. The van der Waals surface area contributed by atoms with Gasteiger partial charge in [0.15, 0.2) is 6.17 Å². The molecule has 1 aromatic rings. The summed E-state index contributed by atoms with van der Waals surface area (Å²) < 4.78 is 19.5. The molecule has 2 N–H and O–H groups in total. The van der Waals surface area contributed by atoms with E-state index in [9.17, 15) is 18.8 Å². The van der Waals surface area contributed by atoms with Gasteiger partial charge in [-0.05, 0) is 20.8 Å². The van der Waals surface area contributed by atoms with Crippen molar-refractivity contribution in [3.63, 3.8) is 0 Å². The number of alkyl halides is 1. The normalized spacial score (nSPS) is 20.4. The van der Waals surface area contributed by atoms with Crippen LogP contribution in [0.25, 0.3) is 0 Å². The zero-order valence-electron chi connectivity index (χ0n) is 12.3. The standard InChI is InChI=1S/C13H16FN3O5/c1-13(2,3)22-12(21)16-7-5-15-9-6(14)4-8(11(19)20)17(9)10(7)18/h5-6,8H,4H2,1-3H3,(H,16,21)(H,19,20)/t6-,8+/m1/s1. The van der Waals surface area contributed by atoms with Crippen molar-refractivity contribution in [1.82, 2.24) is 9.55 Å². The number of aromatic nitrogens is 2. The predicted molar refractivity (Wildman–Crippen MR) is 73.5 cm³/mol. The van der Waals surface area contributed by atoms with E-state index in [1.54, 1.807) is 20.8 Å². The Labute approximate surface area is 124 Å². The molecule has 120 valence electrons. The maximum Gasteiger partial charge on any atom is 0.412 e. The molecule has 0 bridgehead atoms. The first-order valence-corrected chi connectivity index (χ1v) is 6.58. The summed E-state index contributed by atoms with van der Waals surface area (Å²) in [5.41, 5.74) is -1.86. The molecule has 9 heteroatoms. The Morgan fingerprint density at radius 3 is 2.68 bits per heavy atom. The summed E-state index contributed by atoms with van der Waals surface area (Å²) in [6.45, 7) is 4.94. The van der Waals surface area contributed by atoms with E-state index in [1.165, 1.54) is 0 Å². The topological polar surface area (TPSA) is 111 Å². The Hall–Kier alpha value is -2.45. The SMILES string of the molecule is CC(C)(C)OC(=O)Nc1cnc2n(c1=O)[C@H](C(=O)O)C[C@H]2F. The second kappa shape index (κ2) is 5.39. The highest BCUT2D eigenvalue weighted by Crippen LogP contribution is 2.34. The lowest BCUT2D eigenvalue weighted by molar-refractivity contribution is -0.141. The lowest BCUT2D eigenvalue weighted by Gasteiger charge is -2.19. The van der Waals surface area contributed by atoms with Crippen LogP contribution in [-0.2, 0) is 9.53 Å². The highest BCUT2D eigenvalue weighted by molar-refractivity contribution is 5.84. The molecule has 0 aliphatic carbocycles. The number of rotatable bonds is 2. The van der Waals surface area contributed by atoms with Crippen LogP contribution in [0.4, 0.5) is 14.9 Å². The average Bonchev–Trinajstić information content (AvgIpc) is 2.69. The third-order valence-corrected chi connectivity index (χ3v) is 2.96. The van der Waals surface area contributed by atoms with Gasteiger partial charge in [0.05, 0.1) is 6.20 Å². The molecule has 0 aromatic carbocycles. The number of amides is 1. The third kappa shape index (κ3) is 3.07. The molecule has 2 atom stereocenters. The van der Waals surface area contributed by atoms with Crippen molar-refractivity contribution in [2.75, 3.05) is 5.32 Å². The fraction of sp³-hybridized carbons (Fsp3) is 0.538. The molecule has 2 heterocycles. The number of carboxylic acids is 1. The number of carbonyl (C=O) groups excluding carboxylic acids is 1. The lowest BCUT2D eigenvalue weighted by atomic mass is 10.2. The summed E-state index contributed by atoms with van der Waals surface area (Å²) in [6, 6.07) is -1.34. The maximum absolute atomic E-state index is 13.7. The van der Waals surface area contributed by atoms with E-state index in [-0.39, 0.29) is 17.9 Å². The summed E-state index contributed by atoms with van der Waals surface area (Å²) in [5.74, 6) is -1.59. The van der Waals surface area contributed by atoms with Gasteiger partial charge in [-0.25, -0.2) is 19.0 Å². The molecule has 0 saturated carbocycles. The summed E-state index contributed by atoms with van der Waals surface area (Å²) in [6.07, 6.45) is -1.89. The molecule has 2 rings (SSSR count). The first kappa shape index (κ1) is 15.9. The molecule has 0 unspecified atom stereocenters. The minimum Gasteiger partial charge on any atom is -0.480 e. The molecule has 1 aliphatic heterocycles. The van der Waals surface area contributed by atoms with Crippen molar-refractivity contribution in [1.29, 1.82) is 0 Å². The van der Waals surface area contributed by atoms with Crippen LogP contribution in [0.1, 0.15) is 45.2 Å². The van der Waals surface area contributed by atoms with Gasteiger partial charge in [0.1, 0.15) is 23.2 Å². The Bertz CT molecular complexity index is 679. The number of carboxylic acid groups (broad SMARTS) is 1. The van der Waals surface area contributed by atoms with E-state index in [4.69, 9.17) is 9.84 Å². The molecule has 1 aromatic heterocycles. The molecule has 0 spiro atoms. The highest BCUT2D eigenvalue weighted by Gasteiger charge is 2.38. The number of carbonyl (C=O) groups is 2. The van der Waals surface area contributed by atoms with Crippen molar-refractivity contribution < 1.29 is 23.8 Å². The summed E-state index contributed by atoms with van der Waals surface area (Å²) in [4.78, 5) is 38.8. The average molecular weight is 313 g/mol. The Balaban J connectivity index is 2.34. The second-order valence-electron chi connectivity index (χ2n) is 5.89. The molecular weight excluding hydrogens is 297 g/mol. The molecular formula is C13H16FN3O5. The summed E-state index contributed by atoms with van der Waals surface area (Å²) in [5, 5.41) is 11.3. The van der Waals surface area contributed by atoms with Gasteiger partial charge in [-0.3, -0.25) is 14.7 Å². The van der Waals surface area contributed by atoms with Gasteiger partial charge >= 0.3 is 12.1 Å². The van der Waals surface area contributed by atoms with E-state index >= 15 is 0 Å². The molecule has 8 nitrogen and oxygen atoms in total. The lowest BCUT2D eigenvalue weighted by Crippen LogP contribution is -2.33. The predicted octanol–water partition coefficient (Wildman–Crippen LogP) is 1.63. The van der Waals surface area contributed by atoms with Gasteiger partial charge in [0.25, 0.3) is 5.56 Å². The number of nitrogens with one attached hydrogen (secondary N) is 1. The smallest absolute Gasteiger partial charge is 0.412 e. The van der Waals surface area contributed by atoms with Crippen LogP contribution in [0.2, 0.25) is 0 Å². The minimum atomic E-state index is -1.63. The molecule has 0 fully saturated rings. The second-order valence-corrected chi connectivity index (χ2v) is 5.89. The van der Waals surface area contributed by atoms with Crippen LogP contribution >= 0.6 is 0 Å². The first-order chi connectivity index (χ1) is 10.1. The van der Waals surface area contributed by atoms with E-state index in [0.29, 0.717) is 0 Å². The van der Waals surface area contributed by atoms with Crippen LogP contribution in [0.3, 0.4) is 0 Å². The van der Waals surface area contributed by atoms with Gasteiger partial charge in [0, 0.05) is 6.42 Å². The quantitative estimate of drug-likeness (QED) is 0.858. The molecule has 1 aliphatic rings. The minimum absolute atomic E-state index is 0.257. The molecule has 1 amide bonds. The summed E-state index contributed by atoms with van der Waals surface area (Å²) >= 11 is 0. The van der Waals surface area contributed by atoms with E-state index < -0.39 is 35.4 Å². The highest BCUT2D eigenvalue weighted by atomic mass is 19.1. The molecule has 0 saturated heterocycles. The van der Waals surface area contributed by atoms with Crippen molar-refractivity contribution in [2.45, 2.75) is 45.0 Å². The van der Waals surface area contributed by atoms with Crippen molar-refractivity contribution in [2.24, 2.45) is 0 Å². The zero-order valence-corrected chi connectivity index (χ0v) is 12.3. The number of hydrogen-bond donors (Lipinski definition) is 2. The van der Waals surface area contributed by atoms with Crippen LogP contribution < -0.4 is 10.9 Å². The number of ether oxygens (including phenoxy) is 1. The number of hydrogen-bond acceptors (Lipinski definition) is 5. The largest absolute Gasteiger partial charge is 0.480 e. The fourth-order valence-electron chi connectivity index (χ4n) is 2.13. The zero-order chi connectivity index (χ0) is 16.7. The van der Waals surface area contributed by atoms with Gasteiger partial charge in [-0.1, -0.05) is 0 Å². The summed E-state index contributed by atoms with van der Waals surface area (Å²) in [7, 11) is 0. The first-order valence-electron chi connectivity index (χ1n) is 6.58. The van der Waals surface area contributed by atoms with Gasteiger partial charge < -0.3 is 9.84 Å². The van der Waals surface area contributed by atoms with Crippen LogP contribution in [0.5, 0.6) is 0 Å².